The van der Waals surface area contributed by atoms with Gasteiger partial charge in [-0.1, -0.05) is 42.5 Å². The summed E-state index contributed by atoms with van der Waals surface area (Å²) in [6.07, 6.45) is -3.64. The quantitative estimate of drug-likeness (QED) is 0.416. The van der Waals surface area contributed by atoms with E-state index >= 15 is 0 Å². The SMILES string of the molecule is O=c1[nH]c(-c2ccccc2)nc2c1CN(Cc1ccc(-c3ccc(C(F)(F)F)cc3)s1)CC2. The highest BCUT2D eigenvalue weighted by Gasteiger charge is 2.30. The molecule has 0 unspecified atom stereocenters. The van der Waals surface area contributed by atoms with Gasteiger partial charge < -0.3 is 4.98 Å². The van der Waals surface area contributed by atoms with Gasteiger partial charge in [0.15, 0.2) is 0 Å². The summed E-state index contributed by atoms with van der Waals surface area (Å²) < 4.78 is 38.4. The number of H-pyrrole nitrogens is 1. The molecule has 168 valence electrons. The Bertz CT molecular complexity index is 1330. The van der Waals surface area contributed by atoms with E-state index in [0.717, 1.165) is 45.3 Å². The maximum Gasteiger partial charge on any atom is 0.416 e. The zero-order valence-electron chi connectivity index (χ0n) is 17.5. The number of thiophene rings is 1. The molecule has 0 saturated heterocycles. The van der Waals surface area contributed by atoms with Gasteiger partial charge in [0.25, 0.3) is 5.56 Å². The summed E-state index contributed by atoms with van der Waals surface area (Å²) in [5.74, 6) is 0.590. The maximum atomic E-state index is 12.8. The topological polar surface area (TPSA) is 49.0 Å². The number of fused-ring (bicyclic) bond motifs is 1. The van der Waals surface area contributed by atoms with Crippen LogP contribution in [0, 0.1) is 0 Å². The molecule has 1 aliphatic rings. The second-order valence-corrected chi connectivity index (χ2v) is 9.18. The van der Waals surface area contributed by atoms with Crippen LogP contribution in [0.3, 0.4) is 0 Å². The van der Waals surface area contributed by atoms with Gasteiger partial charge in [-0.15, -0.1) is 11.3 Å². The van der Waals surface area contributed by atoms with Crippen LogP contribution in [0.2, 0.25) is 0 Å². The number of nitrogens with zero attached hydrogens (tertiary/aromatic N) is 2. The van der Waals surface area contributed by atoms with Crippen LogP contribution in [0.25, 0.3) is 21.8 Å². The summed E-state index contributed by atoms with van der Waals surface area (Å²) in [5.41, 5.74) is 2.42. The van der Waals surface area contributed by atoms with Gasteiger partial charge in [-0.25, -0.2) is 4.98 Å². The zero-order valence-corrected chi connectivity index (χ0v) is 18.3. The van der Waals surface area contributed by atoms with Crippen molar-refractivity contribution in [3.63, 3.8) is 0 Å². The Morgan fingerprint density at radius 2 is 1.73 bits per heavy atom. The standard InChI is InChI=1S/C25H20F3N3OS/c26-25(27,28)18-8-6-16(7-9-18)22-11-10-19(33-22)14-31-13-12-21-20(15-31)24(32)30-23(29-21)17-4-2-1-3-5-17/h1-11H,12-15H2,(H,29,30,32). The van der Waals surface area contributed by atoms with Gasteiger partial charge in [0.1, 0.15) is 5.82 Å². The number of aromatic amines is 1. The van der Waals surface area contributed by atoms with E-state index < -0.39 is 11.7 Å². The highest BCUT2D eigenvalue weighted by Crippen LogP contribution is 2.33. The molecule has 8 heteroatoms. The van der Waals surface area contributed by atoms with E-state index in [-0.39, 0.29) is 5.56 Å². The van der Waals surface area contributed by atoms with Crippen molar-refractivity contribution in [3.05, 3.63) is 98.8 Å². The van der Waals surface area contributed by atoms with E-state index in [9.17, 15) is 18.0 Å². The van der Waals surface area contributed by atoms with Crippen molar-refractivity contribution in [1.82, 2.24) is 14.9 Å². The van der Waals surface area contributed by atoms with Gasteiger partial charge in [-0.3, -0.25) is 9.69 Å². The first-order chi connectivity index (χ1) is 15.9. The van der Waals surface area contributed by atoms with Crippen molar-refractivity contribution in [3.8, 4) is 21.8 Å². The monoisotopic (exact) mass is 467 g/mol. The smallest absolute Gasteiger partial charge is 0.306 e. The normalized spacial score (nSPS) is 14.3. The van der Waals surface area contributed by atoms with Crippen molar-refractivity contribution in [2.24, 2.45) is 0 Å². The molecule has 33 heavy (non-hydrogen) atoms. The van der Waals surface area contributed by atoms with Crippen molar-refractivity contribution in [2.45, 2.75) is 25.7 Å². The van der Waals surface area contributed by atoms with E-state index in [2.05, 4.69) is 9.88 Å². The van der Waals surface area contributed by atoms with Crippen molar-refractivity contribution >= 4 is 11.3 Å². The van der Waals surface area contributed by atoms with Crippen LogP contribution >= 0.6 is 11.3 Å². The number of hydrogen-bond acceptors (Lipinski definition) is 4. The van der Waals surface area contributed by atoms with Crippen molar-refractivity contribution in [1.29, 1.82) is 0 Å². The summed E-state index contributed by atoms with van der Waals surface area (Å²) in [4.78, 5) is 24.6. The van der Waals surface area contributed by atoms with Crippen LogP contribution in [-0.4, -0.2) is 21.4 Å². The second kappa shape index (κ2) is 8.61. The van der Waals surface area contributed by atoms with Gasteiger partial charge in [0, 0.05) is 41.4 Å². The Morgan fingerprint density at radius 3 is 2.45 bits per heavy atom. The van der Waals surface area contributed by atoms with Crippen molar-refractivity contribution < 1.29 is 13.2 Å². The molecular weight excluding hydrogens is 447 g/mol. The summed E-state index contributed by atoms with van der Waals surface area (Å²) in [5, 5.41) is 0. The third-order valence-electron chi connectivity index (χ3n) is 5.73. The third-order valence-corrected chi connectivity index (χ3v) is 6.85. The fourth-order valence-corrected chi connectivity index (χ4v) is 5.07. The largest absolute Gasteiger partial charge is 0.416 e. The Labute approximate surface area is 192 Å². The minimum atomic E-state index is -4.34. The lowest BCUT2D eigenvalue weighted by Gasteiger charge is -2.27. The second-order valence-electron chi connectivity index (χ2n) is 8.01. The van der Waals surface area contributed by atoms with Crippen molar-refractivity contribution in [2.75, 3.05) is 6.54 Å². The van der Waals surface area contributed by atoms with E-state index in [1.54, 1.807) is 11.3 Å². The first-order valence-corrected chi connectivity index (χ1v) is 11.3. The summed E-state index contributed by atoms with van der Waals surface area (Å²) in [6, 6.07) is 18.7. The average Bonchev–Trinajstić information content (AvgIpc) is 3.28. The van der Waals surface area contributed by atoms with E-state index in [1.165, 1.54) is 12.1 Å². The zero-order chi connectivity index (χ0) is 23.0. The molecule has 1 N–H and O–H groups in total. The molecule has 0 saturated carbocycles. The van der Waals surface area contributed by atoms with Crippen LogP contribution < -0.4 is 5.56 Å². The number of halogens is 3. The molecule has 0 bridgehead atoms. The molecule has 0 atom stereocenters. The number of rotatable bonds is 4. The number of nitrogens with one attached hydrogen (secondary N) is 1. The highest BCUT2D eigenvalue weighted by molar-refractivity contribution is 7.15. The summed E-state index contributed by atoms with van der Waals surface area (Å²) >= 11 is 1.55. The number of hydrogen-bond donors (Lipinski definition) is 1. The molecule has 5 rings (SSSR count). The number of alkyl halides is 3. The minimum Gasteiger partial charge on any atom is -0.306 e. The van der Waals surface area contributed by atoms with Gasteiger partial charge in [-0.2, -0.15) is 13.2 Å². The third kappa shape index (κ3) is 4.62. The summed E-state index contributed by atoms with van der Waals surface area (Å²) in [6.45, 7) is 1.97. The van der Waals surface area contributed by atoms with Gasteiger partial charge in [-0.05, 0) is 29.8 Å². The molecular formula is C25H20F3N3OS. The molecule has 2 aromatic heterocycles. The Hall–Kier alpha value is -3.23. The molecule has 4 aromatic rings. The Kier molecular flexibility index (Phi) is 5.64. The predicted molar refractivity (Wildman–Crippen MR) is 123 cm³/mol. The molecule has 0 amide bonds. The molecule has 0 radical (unpaired) electrons. The van der Waals surface area contributed by atoms with Crippen LogP contribution in [0.1, 0.15) is 21.7 Å². The van der Waals surface area contributed by atoms with E-state index in [1.807, 2.05) is 42.5 Å². The van der Waals surface area contributed by atoms with E-state index in [0.29, 0.717) is 30.9 Å². The lowest BCUT2D eigenvalue weighted by atomic mass is 10.1. The van der Waals surface area contributed by atoms with Crippen LogP contribution in [-0.2, 0) is 25.7 Å². The lowest BCUT2D eigenvalue weighted by molar-refractivity contribution is -0.137. The van der Waals surface area contributed by atoms with Crippen LogP contribution in [0.4, 0.5) is 13.2 Å². The first kappa shape index (κ1) is 21.6. The van der Waals surface area contributed by atoms with Crippen LogP contribution in [0.15, 0.2) is 71.5 Å². The fourth-order valence-electron chi connectivity index (χ4n) is 4.01. The number of aromatic nitrogens is 2. The molecule has 4 nitrogen and oxygen atoms in total. The minimum absolute atomic E-state index is 0.111. The first-order valence-electron chi connectivity index (χ1n) is 10.5. The molecule has 1 aliphatic heterocycles. The highest BCUT2D eigenvalue weighted by atomic mass is 32.1. The lowest BCUT2D eigenvalue weighted by Crippen LogP contribution is -2.35. The predicted octanol–water partition coefficient (Wildman–Crippen LogP) is 5.74. The summed E-state index contributed by atoms with van der Waals surface area (Å²) in [7, 11) is 0. The maximum absolute atomic E-state index is 12.8. The fraction of sp³-hybridized carbons (Fsp3) is 0.200. The number of benzene rings is 2. The van der Waals surface area contributed by atoms with Gasteiger partial charge in [0.2, 0.25) is 0 Å². The molecule has 0 aliphatic carbocycles. The van der Waals surface area contributed by atoms with Crippen LogP contribution in [0.5, 0.6) is 0 Å². The van der Waals surface area contributed by atoms with E-state index in [4.69, 9.17) is 4.98 Å². The van der Waals surface area contributed by atoms with Gasteiger partial charge >= 0.3 is 6.18 Å². The molecule has 2 aromatic carbocycles. The molecule has 0 fully saturated rings. The molecule has 0 spiro atoms. The average molecular weight is 468 g/mol. The Morgan fingerprint density at radius 1 is 0.970 bits per heavy atom. The Balaban J connectivity index is 1.30. The van der Waals surface area contributed by atoms with Gasteiger partial charge in [0.05, 0.1) is 16.8 Å². The molecule has 3 heterocycles.